The average Bonchev–Trinajstić information content (AvgIpc) is 3.07. The van der Waals surface area contributed by atoms with Crippen LogP contribution in [0.5, 0.6) is 0 Å². The van der Waals surface area contributed by atoms with Crippen LogP contribution in [-0.4, -0.2) is 24.2 Å². The predicted octanol–water partition coefficient (Wildman–Crippen LogP) is 3.42. The third-order valence-electron chi connectivity index (χ3n) is 3.96. The molecule has 0 aliphatic carbocycles. The number of alkyl halides is 3. The number of nitrogens with zero attached hydrogens (tertiary/aromatic N) is 2. The van der Waals surface area contributed by atoms with E-state index in [9.17, 15) is 21.6 Å². The van der Waals surface area contributed by atoms with Crippen molar-refractivity contribution < 1.29 is 21.6 Å². The van der Waals surface area contributed by atoms with E-state index >= 15 is 0 Å². The molecular formula is C18H16F3N3O2S. The van der Waals surface area contributed by atoms with E-state index in [0.29, 0.717) is 11.3 Å². The van der Waals surface area contributed by atoms with Crippen molar-refractivity contribution in [2.75, 3.05) is 6.26 Å². The SMILES string of the molecule is CS(=O)(=O)c1ccc(-n2cc(C(F)(F)F)nc2-c2cccc(CN)c2)cc1. The van der Waals surface area contributed by atoms with Gasteiger partial charge in [0.25, 0.3) is 0 Å². The van der Waals surface area contributed by atoms with Crippen molar-refractivity contribution in [3.05, 3.63) is 66.0 Å². The van der Waals surface area contributed by atoms with Crippen LogP contribution in [0.4, 0.5) is 13.2 Å². The number of imidazole rings is 1. The summed E-state index contributed by atoms with van der Waals surface area (Å²) in [5, 5.41) is 0. The third-order valence-corrected chi connectivity index (χ3v) is 5.09. The number of rotatable bonds is 4. The Kier molecular flexibility index (Phi) is 4.83. The molecule has 0 aliphatic heterocycles. The minimum Gasteiger partial charge on any atom is -0.326 e. The number of hydrogen-bond acceptors (Lipinski definition) is 4. The van der Waals surface area contributed by atoms with Crippen LogP contribution in [0.1, 0.15) is 11.3 Å². The molecule has 142 valence electrons. The normalized spacial score (nSPS) is 12.3. The van der Waals surface area contributed by atoms with Gasteiger partial charge in [-0.25, -0.2) is 13.4 Å². The summed E-state index contributed by atoms with van der Waals surface area (Å²) in [4.78, 5) is 3.83. The molecule has 0 unspecified atom stereocenters. The molecule has 2 N–H and O–H groups in total. The highest BCUT2D eigenvalue weighted by atomic mass is 32.2. The Bertz CT molecular complexity index is 1070. The monoisotopic (exact) mass is 395 g/mol. The summed E-state index contributed by atoms with van der Waals surface area (Å²) in [5.74, 6) is 0.0877. The molecule has 0 spiro atoms. The molecule has 0 amide bonds. The molecule has 3 aromatic rings. The van der Waals surface area contributed by atoms with E-state index in [1.165, 1.54) is 28.8 Å². The van der Waals surface area contributed by atoms with Crippen LogP contribution in [0.25, 0.3) is 17.1 Å². The van der Waals surface area contributed by atoms with Gasteiger partial charge in [0.2, 0.25) is 0 Å². The smallest absolute Gasteiger partial charge is 0.326 e. The first-order valence-electron chi connectivity index (χ1n) is 7.86. The zero-order valence-corrected chi connectivity index (χ0v) is 15.1. The van der Waals surface area contributed by atoms with Crippen molar-refractivity contribution in [1.82, 2.24) is 9.55 Å². The predicted molar refractivity (Wildman–Crippen MR) is 95.0 cm³/mol. The van der Waals surface area contributed by atoms with Crippen molar-refractivity contribution in [2.45, 2.75) is 17.6 Å². The van der Waals surface area contributed by atoms with Crippen LogP contribution in [0.2, 0.25) is 0 Å². The first kappa shape index (κ1) is 19.1. The standard InChI is InChI=1S/C18H16F3N3O2S/c1-27(25,26)15-7-5-14(6-8-15)24-11-16(18(19,20)21)23-17(24)13-4-2-3-12(9-13)10-22/h2-9,11H,10,22H2,1H3. The average molecular weight is 395 g/mol. The minimum absolute atomic E-state index is 0.0779. The molecule has 1 aromatic heterocycles. The Morgan fingerprint density at radius 3 is 2.33 bits per heavy atom. The number of halogens is 3. The van der Waals surface area contributed by atoms with Crippen molar-refractivity contribution in [3.63, 3.8) is 0 Å². The van der Waals surface area contributed by atoms with E-state index in [0.717, 1.165) is 18.0 Å². The maximum atomic E-state index is 13.2. The maximum absolute atomic E-state index is 13.2. The molecule has 0 fully saturated rings. The molecule has 0 aliphatic rings. The summed E-state index contributed by atoms with van der Waals surface area (Å²) < 4.78 is 64.1. The lowest BCUT2D eigenvalue weighted by molar-refractivity contribution is -0.140. The first-order chi connectivity index (χ1) is 12.6. The van der Waals surface area contributed by atoms with Gasteiger partial charge in [0, 0.05) is 30.2 Å². The van der Waals surface area contributed by atoms with Gasteiger partial charge >= 0.3 is 6.18 Å². The lowest BCUT2D eigenvalue weighted by atomic mass is 10.1. The number of aromatic nitrogens is 2. The lowest BCUT2D eigenvalue weighted by Gasteiger charge is -2.09. The van der Waals surface area contributed by atoms with Crippen LogP contribution in [0.15, 0.2) is 59.6 Å². The maximum Gasteiger partial charge on any atom is 0.434 e. The highest BCUT2D eigenvalue weighted by molar-refractivity contribution is 7.90. The molecule has 0 saturated carbocycles. The number of benzene rings is 2. The fourth-order valence-electron chi connectivity index (χ4n) is 2.61. The van der Waals surface area contributed by atoms with Gasteiger partial charge in [-0.2, -0.15) is 13.2 Å². The molecule has 27 heavy (non-hydrogen) atoms. The Hall–Kier alpha value is -2.65. The molecular weight excluding hydrogens is 379 g/mol. The first-order valence-corrected chi connectivity index (χ1v) is 9.75. The molecule has 1 heterocycles. The quantitative estimate of drug-likeness (QED) is 0.734. The van der Waals surface area contributed by atoms with E-state index in [4.69, 9.17) is 5.73 Å². The van der Waals surface area contributed by atoms with E-state index in [2.05, 4.69) is 4.98 Å². The largest absolute Gasteiger partial charge is 0.434 e. The fourth-order valence-corrected chi connectivity index (χ4v) is 3.24. The van der Waals surface area contributed by atoms with E-state index < -0.39 is 21.7 Å². The van der Waals surface area contributed by atoms with E-state index in [1.54, 1.807) is 24.3 Å². The van der Waals surface area contributed by atoms with Crippen molar-refractivity contribution >= 4 is 9.84 Å². The number of nitrogens with two attached hydrogens (primary N) is 1. The molecule has 2 aromatic carbocycles. The Morgan fingerprint density at radius 2 is 1.78 bits per heavy atom. The van der Waals surface area contributed by atoms with Crippen LogP contribution < -0.4 is 5.73 Å². The van der Waals surface area contributed by atoms with Gasteiger partial charge in [-0.1, -0.05) is 18.2 Å². The summed E-state index contributed by atoms with van der Waals surface area (Å²) in [6.45, 7) is 0.240. The Balaban J connectivity index is 2.17. The molecule has 0 bridgehead atoms. The van der Waals surface area contributed by atoms with Crippen LogP contribution >= 0.6 is 0 Å². The Labute approximate surface area is 154 Å². The molecule has 9 heteroatoms. The Morgan fingerprint density at radius 1 is 1.11 bits per heavy atom. The second-order valence-electron chi connectivity index (χ2n) is 5.99. The molecule has 3 rings (SSSR count). The molecule has 0 saturated heterocycles. The summed E-state index contributed by atoms with van der Waals surface area (Å²) >= 11 is 0. The van der Waals surface area contributed by atoms with Crippen molar-refractivity contribution in [2.24, 2.45) is 5.73 Å². The lowest BCUT2D eigenvalue weighted by Crippen LogP contribution is -2.05. The molecule has 5 nitrogen and oxygen atoms in total. The van der Waals surface area contributed by atoms with Gasteiger partial charge in [-0.3, -0.25) is 4.57 Å². The summed E-state index contributed by atoms with van der Waals surface area (Å²) in [7, 11) is -3.41. The zero-order valence-electron chi connectivity index (χ0n) is 14.2. The summed E-state index contributed by atoms with van der Waals surface area (Å²) in [5.41, 5.74) is 6.16. The van der Waals surface area contributed by atoms with Crippen molar-refractivity contribution in [3.8, 4) is 17.1 Å². The van der Waals surface area contributed by atoms with Crippen LogP contribution in [-0.2, 0) is 22.6 Å². The second kappa shape index (κ2) is 6.82. The topological polar surface area (TPSA) is 78.0 Å². The highest BCUT2D eigenvalue weighted by Crippen LogP contribution is 2.33. The van der Waals surface area contributed by atoms with Crippen molar-refractivity contribution in [1.29, 1.82) is 0 Å². The summed E-state index contributed by atoms with van der Waals surface area (Å²) in [6, 6.07) is 12.3. The highest BCUT2D eigenvalue weighted by Gasteiger charge is 2.35. The van der Waals surface area contributed by atoms with Gasteiger partial charge in [0.05, 0.1) is 4.90 Å². The van der Waals surface area contributed by atoms with E-state index in [-0.39, 0.29) is 17.3 Å². The second-order valence-corrected chi connectivity index (χ2v) is 8.00. The van der Waals surface area contributed by atoms with E-state index in [1.807, 2.05) is 0 Å². The fraction of sp³-hybridized carbons (Fsp3) is 0.167. The summed E-state index contributed by atoms with van der Waals surface area (Å²) in [6.07, 6.45) is -2.66. The molecule has 0 atom stereocenters. The zero-order chi connectivity index (χ0) is 19.8. The molecule has 0 radical (unpaired) electrons. The van der Waals surface area contributed by atoms with Crippen LogP contribution in [0, 0.1) is 0 Å². The van der Waals surface area contributed by atoms with Gasteiger partial charge in [-0.05, 0) is 35.9 Å². The van der Waals surface area contributed by atoms with Crippen LogP contribution in [0.3, 0.4) is 0 Å². The minimum atomic E-state index is -4.61. The van der Waals surface area contributed by atoms with Gasteiger partial charge in [0.15, 0.2) is 15.5 Å². The third kappa shape index (κ3) is 4.04. The van der Waals surface area contributed by atoms with Gasteiger partial charge in [0.1, 0.15) is 5.82 Å². The number of sulfone groups is 1. The number of hydrogen-bond donors (Lipinski definition) is 1. The van der Waals surface area contributed by atoms with Gasteiger partial charge in [-0.15, -0.1) is 0 Å². The van der Waals surface area contributed by atoms with Gasteiger partial charge < -0.3 is 5.73 Å².